The van der Waals surface area contributed by atoms with Crippen LogP contribution in [0.3, 0.4) is 0 Å². The monoisotopic (exact) mass is 353 g/mol. The molecule has 2 aromatic rings. The summed E-state index contributed by atoms with van der Waals surface area (Å²) in [5, 5.41) is 12.2. The molecule has 20 heavy (non-hydrogen) atoms. The predicted octanol–water partition coefficient (Wildman–Crippen LogP) is 4.08. The van der Waals surface area contributed by atoms with Gasteiger partial charge in [0.25, 0.3) is 5.91 Å². The lowest BCUT2D eigenvalue weighted by Gasteiger charge is -2.04. The zero-order valence-corrected chi connectivity index (χ0v) is 13.3. The Balaban J connectivity index is 2.21. The molecule has 0 aliphatic carbocycles. The summed E-state index contributed by atoms with van der Waals surface area (Å²) in [6.07, 6.45) is 0. The molecule has 0 saturated carbocycles. The first-order valence-electron chi connectivity index (χ1n) is 5.79. The number of carbonyl (C=O) groups is 2. The van der Waals surface area contributed by atoms with Crippen molar-refractivity contribution < 1.29 is 14.7 Å². The molecule has 6 heteroatoms. The van der Waals surface area contributed by atoms with Crippen molar-refractivity contribution in [3.63, 3.8) is 0 Å². The summed E-state index contributed by atoms with van der Waals surface area (Å²) >= 11 is 4.44. The molecule has 0 unspecified atom stereocenters. The summed E-state index contributed by atoms with van der Waals surface area (Å²) in [6, 6.07) is 6.97. The van der Waals surface area contributed by atoms with E-state index in [2.05, 4.69) is 21.2 Å². The molecule has 0 fully saturated rings. The first-order chi connectivity index (χ1) is 9.38. The molecule has 2 rings (SSSR count). The highest BCUT2D eigenvalue weighted by atomic mass is 79.9. The SMILES string of the molecule is Cc1cc(C(=O)Nc2cc(C)c(C(=O)O)s2)ccc1Br. The summed E-state index contributed by atoms with van der Waals surface area (Å²) in [5.74, 6) is -1.23. The number of benzene rings is 1. The van der Waals surface area contributed by atoms with E-state index >= 15 is 0 Å². The average Bonchev–Trinajstić information content (AvgIpc) is 2.73. The first-order valence-corrected chi connectivity index (χ1v) is 7.40. The van der Waals surface area contributed by atoms with Crippen LogP contribution in [0.1, 0.15) is 31.2 Å². The van der Waals surface area contributed by atoms with E-state index < -0.39 is 5.97 Å². The number of hydrogen-bond acceptors (Lipinski definition) is 3. The van der Waals surface area contributed by atoms with Gasteiger partial charge < -0.3 is 10.4 Å². The largest absolute Gasteiger partial charge is 0.477 e. The third-order valence-corrected chi connectivity index (χ3v) is 4.80. The van der Waals surface area contributed by atoms with E-state index in [0.29, 0.717) is 16.1 Å². The van der Waals surface area contributed by atoms with Crippen LogP contribution in [-0.2, 0) is 0 Å². The normalized spacial score (nSPS) is 10.3. The van der Waals surface area contributed by atoms with Gasteiger partial charge in [-0.25, -0.2) is 4.79 Å². The maximum atomic E-state index is 12.1. The molecular weight excluding hydrogens is 342 g/mol. The van der Waals surface area contributed by atoms with E-state index in [1.165, 1.54) is 0 Å². The van der Waals surface area contributed by atoms with Gasteiger partial charge in [0.15, 0.2) is 0 Å². The van der Waals surface area contributed by atoms with Crippen LogP contribution in [0.5, 0.6) is 0 Å². The van der Waals surface area contributed by atoms with Crippen LogP contribution >= 0.6 is 27.3 Å². The number of aryl methyl sites for hydroxylation is 2. The van der Waals surface area contributed by atoms with Crippen LogP contribution in [0.2, 0.25) is 0 Å². The Kier molecular flexibility index (Phi) is 4.25. The molecule has 0 spiro atoms. The standard InChI is InChI=1S/C14H12BrNO3S/c1-7-5-9(3-4-10(7)15)13(17)16-11-6-8(2)12(20-11)14(18)19/h3-6H,1-2H3,(H,16,17)(H,18,19). The highest BCUT2D eigenvalue weighted by molar-refractivity contribution is 9.10. The number of hydrogen-bond donors (Lipinski definition) is 2. The van der Waals surface area contributed by atoms with Gasteiger partial charge in [0.05, 0.1) is 5.00 Å². The van der Waals surface area contributed by atoms with Crippen molar-refractivity contribution in [2.75, 3.05) is 5.32 Å². The second kappa shape index (κ2) is 5.76. The Bertz CT molecular complexity index is 694. The summed E-state index contributed by atoms with van der Waals surface area (Å²) in [7, 11) is 0. The van der Waals surface area contributed by atoms with E-state index in [9.17, 15) is 9.59 Å². The fourth-order valence-electron chi connectivity index (χ4n) is 1.73. The molecule has 0 atom stereocenters. The van der Waals surface area contributed by atoms with Crippen LogP contribution in [-0.4, -0.2) is 17.0 Å². The smallest absolute Gasteiger partial charge is 0.346 e. The van der Waals surface area contributed by atoms with Crippen molar-refractivity contribution in [3.8, 4) is 0 Å². The van der Waals surface area contributed by atoms with Gasteiger partial charge in [-0.3, -0.25) is 4.79 Å². The Morgan fingerprint density at radius 3 is 2.45 bits per heavy atom. The molecule has 1 aromatic heterocycles. The summed E-state index contributed by atoms with van der Waals surface area (Å²) in [5.41, 5.74) is 2.14. The molecule has 1 amide bonds. The second-order valence-electron chi connectivity index (χ2n) is 4.35. The second-order valence-corrected chi connectivity index (χ2v) is 6.25. The van der Waals surface area contributed by atoms with Crippen LogP contribution < -0.4 is 5.32 Å². The van der Waals surface area contributed by atoms with Crippen molar-refractivity contribution in [3.05, 3.63) is 50.3 Å². The van der Waals surface area contributed by atoms with E-state index in [4.69, 9.17) is 5.11 Å². The highest BCUT2D eigenvalue weighted by Crippen LogP contribution is 2.27. The Morgan fingerprint density at radius 2 is 1.90 bits per heavy atom. The topological polar surface area (TPSA) is 66.4 Å². The molecule has 4 nitrogen and oxygen atoms in total. The van der Waals surface area contributed by atoms with Gasteiger partial charge in [-0.1, -0.05) is 15.9 Å². The number of amides is 1. The Labute approximate surface area is 128 Å². The number of carboxylic acids is 1. The molecule has 1 heterocycles. The maximum Gasteiger partial charge on any atom is 0.346 e. The molecule has 0 bridgehead atoms. The van der Waals surface area contributed by atoms with E-state index in [-0.39, 0.29) is 10.8 Å². The Hall–Kier alpha value is -1.66. The van der Waals surface area contributed by atoms with E-state index in [0.717, 1.165) is 21.4 Å². The third-order valence-electron chi connectivity index (χ3n) is 2.77. The molecule has 0 aliphatic heterocycles. The number of halogens is 1. The molecular formula is C14H12BrNO3S. The molecule has 2 N–H and O–H groups in total. The molecule has 104 valence electrons. The molecule has 0 aliphatic rings. The lowest BCUT2D eigenvalue weighted by Crippen LogP contribution is -2.11. The number of aromatic carboxylic acids is 1. The Morgan fingerprint density at radius 1 is 1.20 bits per heavy atom. The fourth-order valence-corrected chi connectivity index (χ4v) is 2.88. The number of nitrogens with one attached hydrogen (secondary N) is 1. The minimum Gasteiger partial charge on any atom is -0.477 e. The summed E-state index contributed by atoms with van der Waals surface area (Å²) in [4.78, 5) is 23.3. The minimum atomic E-state index is -0.979. The number of thiophene rings is 1. The lowest BCUT2D eigenvalue weighted by atomic mass is 10.1. The fraction of sp³-hybridized carbons (Fsp3) is 0.143. The van der Waals surface area contributed by atoms with Crippen molar-refractivity contribution in [1.82, 2.24) is 0 Å². The number of anilines is 1. The third kappa shape index (κ3) is 3.08. The zero-order chi connectivity index (χ0) is 14.9. The quantitative estimate of drug-likeness (QED) is 0.873. The van der Waals surface area contributed by atoms with Crippen LogP contribution in [0.4, 0.5) is 5.00 Å². The number of carbonyl (C=O) groups excluding carboxylic acids is 1. The van der Waals surface area contributed by atoms with Crippen LogP contribution in [0, 0.1) is 13.8 Å². The maximum absolute atomic E-state index is 12.1. The van der Waals surface area contributed by atoms with Crippen molar-refractivity contribution in [2.24, 2.45) is 0 Å². The van der Waals surface area contributed by atoms with E-state index in [1.807, 2.05) is 13.0 Å². The summed E-state index contributed by atoms with van der Waals surface area (Å²) < 4.78 is 0.939. The van der Waals surface area contributed by atoms with Gasteiger partial charge in [0.1, 0.15) is 4.88 Å². The highest BCUT2D eigenvalue weighted by Gasteiger charge is 2.14. The summed E-state index contributed by atoms with van der Waals surface area (Å²) in [6.45, 7) is 3.61. The zero-order valence-electron chi connectivity index (χ0n) is 10.9. The predicted molar refractivity (Wildman–Crippen MR) is 82.8 cm³/mol. The minimum absolute atomic E-state index is 0.243. The van der Waals surface area contributed by atoms with Gasteiger partial charge >= 0.3 is 5.97 Å². The average molecular weight is 354 g/mol. The molecule has 0 radical (unpaired) electrons. The van der Waals surface area contributed by atoms with Gasteiger partial charge in [-0.2, -0.15) is 0 Å². The van der Waals surface area contributed by atoms with E-state index in [1.54, 1.807) is 25.1 Å². The number of rotatable bonds is 3. The lowest BCUT2D eigenvalue weighted by molar-refractivity contribution is 0.0701. The van der Waals surface area contributed by atoms with Crippen LogP contribution in [0.15, 0.2) is 28.7 Å². The van der Waals surface area contributed by atoms with Gasteiger partial charge in [-0.15, -0.1) is 11.3 Å². The van der Waals surface area contributed by atoms with Gasteiger partial charge in [0.2, 0.25) is 0 Å². The van der Waals surface area contributed by atoms with Gasteiger partial charge in [-0.05, 0) is 49.2 Å². The van der Waals surface area contributed by atoms with Crippen molar-refractivity contribution >= 4 is 44.1 Å². The molecule has 1 aromatic carbocycles. The van der Waals surface area contributed by atoms with Crippen molar-refractivity contribution in [1.29, 1.82) is 0 Å². The number of carboxylic acid groups (broad SMARTS) is 1. The van der Waals surface area contributed by atoms with Crippen molar-refractivity contribution in [2.45, 2.75) is 13.8 Å². The van der Waals surface area contributed by atoms with Crippen LogP contribution in [0.25, 0.3) is 0 Å². The van der Waals surface area contributed by atoms with Gasteiger partial charge in [0, 0.05) is 10.0 Å². The first kappa shape index (κ1) is 14.7. The molecule has 0 saturated heterocycles.